The third-order valence-electron chi connectivity index (χ3n) is 4.81. The predicted octanol–water partition coefficient (Wildman–Crippen LogP) is 4.61. The van der Waals surface area contributed by atoms with Crippen LogP contribution in [0.5, 0.6) is 0 Å². The Morgan fingerprint density at radius 3 is 2.50 bits per heavy atom. The van der Waals surface area contributed by atoms with Gasteiger partial charge in [-0.05, 0) is 29.3 Å². The van der Waals surface area contributed by atoms with Gasteiger partial charge < -0.3 is 4.57 Å². The number of nitrogens with one attached hydrogen (secondary N) is 1. The predicted molar refractivity (Wildman–Crippen MR) is 116 cm³/mol. The number of hydrogen-bond donors (Lipinski definition) is 1. The minimum Gasteiger partial charge on any atom is -0.319 e. The standard InChI is InChI=1S/C23H17FN6/c24-18-12-10-16(11-13-18)14-25-28-23-26-22-21(27-29-23)19-8-4-5-9-20(19)30(22)15-17-6-2-1-3-7-17/h1-14H,15H2,(H,26,28,29)/b25-14-. The summed E-state index contributed by atoms with van der Waals surface area (Å²) in [6, 6.07) is 24.3. The highest BCUT2D eigenvalue weighted by Gasteiger charge is 2.14. The van der Waals surface area contributed by atoms with Crippen LogP contribution in [0.15, 0.2) is 84.0 Å². The Kier molecular flexibility index (Phi) is 4.61. The van der Waals surface area contributed by atoms with Crippen LogP contribution in [-0.4, -0.2) is 26.0 Å². The molecule has 5 aromatic rings. The number of benzene rings is 3. The first-order valence-corrected chi connectivity index (χ1v) is 9.48. The molecule has 0 bridgehead atoms. The number of fused-ring (bicyclic) bond motifs is 3. The molecule has 0 unspecified atom stereocenters. The third-order valence-corrected chi connectivity index (χ3v) is 4.81. The van der Waals surface area contributed by atoms with E-state index in [0.717, 1.165) is 27.6 Å². The molecule has 7 heteroatoms. The van der Waals surface area contributed by atoms with E-state index >= 15 is 0 Å². The Morgan fingerprint density at radius 2 is 1.67 bits per heavy atom. The van der Waals surface area contributed by atoms with Crippen molar-refractivity contribution < 1.29 is 4.39 Å². The summed E-state index contributed by atoms with van der Waals surface area (Å²) in [6.45, 7) is 0.668. The van der Waals surface area contributed by atoms with Gasteiger partial charge in [0.05, 0.1) is 11.7 Å². The SMILES string of the molecule is Fc1ccc(/C=N\Nc2nnc3c4ccccc4n(Cc4ccccc4)c3n2)cc1. The van der Waals surface area contributed by atoms with Crippen molar-refractivity contribution in [2.24, 2.45) is 5.10 Å². The molecule has 2 aromatic heterocycles. The summed E-state index contributed by atoms with van der Waals surface area (Å²) in [7, 11) is 0. The maximum Gasteiger partial charge on any atom is 0.265 e. The van der Waals surface area contributed by atoms with Gasteiger partial charge in [-0.25, -0.2) is 9.82 Å². The average Bonchev–Trinajstić information content (AvgIpc) is 3.09. The van der Waals surface area contributed by atoms with Crippen molar-refractivity contribution in [1.82, 2.24) is 19.7 Å². The molecule has 6 nitrogen and oxygen atoms in total. The summed E-state index contributed by atoms with van der Waals surface area (Å²) in [5.41, 5.74) is 7.26. The molecule has 30 heavy (non-hydrogen) atoms. The zero-order valence-electron chi connectivity index (χ0n) is 15.9. The van der Waals surface area contributed by atoms with E-state index in [1.54, 1.807) is 18.3 Å². The van der Waals surface area contributed by atoms with Crippen molar-refractivity contribution in [3.05, 3.63) is 95.8 Å². The van der Waals surface area contributed by atoms with E-state index in [4.69, 9.17) is 0 Å². The normalized spacial score (nSPS) is 11.5. The van der Waals surface area contributed by atoms with E-state index in [1.165, 1.54) is 17.7 Å². The molecular weight excluding hydrogens is 379 g/mol. The summed E-state index contributed by atoms with van der Waals surface area (Å²) >= 11 is 0. The van der Waals surface area contributed by atoms with Crippen LogP contribution in [0.25, 0.3) is 22.1 Å². The number of para-hydroxylation sites is 1. The number of aromatic nitrogens is 4. The first-order valence-electron chi connectivity index (χ1n) is 9.48. The number of rotatable bonds is 5. The second-order valence-electron chi connectivity index (χ2n) is 6.82. The van der Waals surface area contributed by atoms with Crippen LogP contribution in [0.1, 0.15) is 11.1 Å². The first kappa shape index (κ1) is 17.9. The molecule has 146 valence electrons. The molecule has 0 saturated heterocycles. The molecule has 1 N–H and O–H groups in total. The molecule has 0 amide bonds. The van der Waals surface area contributed by atoms with Crippen molar-refractivity contribution in [2.45, 2.75) is 6.54 Å². The molecule has 3 aromatic carbocycles. The zero-order valence-corrected chi connectivity index (χ0v) is 15.9. The summed E-state index contributed by atoms with van der Waals surface area (Å²) in [5.74, 6) is 0.00215. The Hall–Kier alpha value is -4.13. The second-order valence-corrected chi connectivity index (χ2v) is 6.82. The fourth-order valence-corrected chi connectivity index (χ4v) is 3.39. The van der Waals surface area contributed by atoms with Gasteiger partial charge in [-0.15, -0.1) is 10.2 Å². The molecule has 0 radical (unpaired) electrons. The minimum atomic E-state index is -0.288. The average molecular weight is 396 g/mol. The van der Waals surface area contributed by atoms with Gasteiger partial charge in [0, 0.05) is 11.9 Å². The molecule has 0 saturated carbocycles. The van der Waals surface area contributed by atoms with E-state index < -0.39 is 0 Å². The van der Waals surface area contributed by atoms with Crippen molar-refractivity contribution in [3.63, 3.8) is 0 Å². The third kappa shape index (κ3) is 3.48. The molecule has 0 aliphatic carbocycles. The number of hydrazone groups is 1. The smallest absolute Gasteiger partial charge is 0.265 e. The van der Waals surface area contributed by atoms with Crippen LogP contribution in [0.3, 0.4) is 0 Å². The molecule has 5 rings (SSSR count). The molecule has 0 spiro atoms. The fraction of sp³-hybridized carbons (Fsp3) is 0.0435. The van der Waals surface area contributed by atoms with E-state index in [-0.39, 0.29) is 11.8 Å². The van der Waals surface area contributed by atoms with Gasteiger partial charge in [0.2, 0.25) is 0 Å². The largest absolute Gasteiger partial charge is 0.319 e. The molecule has 0 atom stereocenters. The van der Waals surface area contributed by atoms with E-state index in [0.29, 0.717) is 6.54 Å². The lowest BCUT2D eigenvalue weighted by atomic mass is 10.2. The van der Waals surface area contributed by atoms with Crippen molar-refractivity contribution in [1.29, 1.82) is 0 Å². The highest BCUT2D eigenvalue weighted by Crippen LogP contribution is 2.27. The summed E-state index contributed by atoms with van der Waals surface area (Å²) in [4.78, 5) is 4.66. The lowest BCUT2D eigenvalue weighted by Gasteiger charge is -2.07. The summed E-state index contributed by atoms with van der Waals surface area (Å²) in [6.07, 6.45) is 1.58. The Bertz CT molecular complexity index is 1340. The minimum absolute atomic E-state index is 0.288. The molecular formula is C23H17FN6. The number of anilines is 1. The highest BCUT2D eigenvalue weighted by molar-refractivity contribution is 6.04. The van der Waals surface area contributed by atoms with Gasteiger partial charge in [0.15, 0.2) is 5.65 Å². The van der Waals surface area contributed by atoms with Crippen molar-refractivity contribution in [2.75, 3.05) is 5.43 Å². The monoisotopic (exact) mass is 396 g/mol. The lowest BCUT2D eigenvalue weighted by Crippen LogP contribution is -2.04. The molecule has 2 heterocycles. The first-order chi connectivity index (χ1) is 14.8. The Morgan fingerprint density at radius 1 is 0.900 bits per heavy atom. The summed E-state index contributed by atoms with van der Waals surface area (Å²) in [5, 5.41) is 13.7. The van der Waals surface area contributed by atoms with E-state index in [2.05, 4.69) is 48.5 Å². The highest BCUT2D eigenvalue weighted by atomic mass is 19.1. The maximum absolute atomic E-state index is 13.0. The van der Waals surface area contributed by atoms with Crippen molar-refractivity contribution in [3.8, 4) is 0 Å². The summed E-state index contributed by atoms with van der Waals surface area (Å²) < 4.78 is 15.1. The molecule has 0 fully saturated rings. The van der Waals surface area contributed by atoms with Crippen LogP contribution < -0.4 is 5.43 Å². The Labute approximate surface area is 171 Å². The maximum atomic E-state index is 13.0. The van der Waals surface area contributed by atoms with Gasteiger partial charge in [-0.1, -0.05) is 60.7 Å². The van der Waals surface area contributed by atoms with Crippen LogP contribution in [-0.2, 0) is 6.54 Å². The second kappa shape index (κ2) is 7.71. The van der Waals surface area contributed by atoms with Crippen molar-refractivity contribution >= 4 is 34.2 Å². The van der Waals surface area contributed by atoms with Gasteiger partial charge in [0.25, 0.3) is 5.95 Å². The van der Waals surface area contributed by atoms with Gasteiger partial charge in [0.1, 0.15) is 11.3 Å². The number of halogens is 1. The Balaban J connectivity index is 1.51. The van der Waals surface area contributed by atoms with E-state index in [9.17, 15) is 4.39 Å². The van der Waals surface area contributed by atoms with Gasteiger partial charge in [-0.2, -0.15) is 10.1 Å². The van der Waals surface area contributed by atoms with Crippen LogP contribution in [0.2, 0.25) is 0 Å². The van der Waals surface area contributed by atoms with Crippen LogP contribution in [0.4, 0.5) is 10.3 Å². The van der Waals surface area contributed by atoms with E-state index in [1.807, 2.05) is 36.4 Å². The fourth-order valence-electron chi connectivity index (χ4n) is 3.39. The van der Waals surface area contributed by atoms with Crippen LogP contribution in [0, 0.1) is 5.82 Å². The van der Waals surface area contributed by atoms with Gasteiger partial charge >= 0.3 is 0 Å². The lowest BCUT2D eigenvalue weighted by molar-refractivity contribution is 0.628. The van der Waals surface area contributed by atoms with Crippen LogP contribution >= 0.6 is 0 Å². The zero-order chi connectivity index (χ0) is 20.3. The molecule has 0 aliphatic rings. The van der Waals surface area contributed by atoms with Gasteiger partial charge in [-0.3, -0.25) is 0 Å². The molecule has 0 aliphatic heterocycles. The number of nitrogens with zero attached hydrogens (tertiary/aromatic N) is 5. The topological polar surface area (TPSA) is 68.0 Å². The quantitative estimate of drug-likeness (QED) is 0.348. The number of hydrogen-bond acceptors (Lipinski definition) is 5.